The molecule has 5 atom stereocenters. The predicted molar refractivity (Wildman–Crippen MR) is 125 cm³/mol. The summed E-state index contributed by atoms with van der Waals surface area (Å²) in [5.41, 5.74) is 0. The zero-order chi connectivity index (χ0) is 21.6. The van der Waals surface area contributed by atoms with Crippen LogP contribution in [0.3, 0.4) is 0 Å². The van der Waals surface area contributed by atoms with Gasteiger partial charge in [0.15, 0.2) is 0 Å². The molecular formula is C27H42O3. The molecule has 0 saturated heterocycles. The first kappa shape index (κ1) is 24.8. The molecule has 2 rings (SSSR count). The van der Waals surface area contributed by atoms with E-state index in [0.29, 0.717) is 24.0 Å². The van der Waals surface area contributed by atoms with Gasteiger partial charge in [-0.3, -0.25) is 4.79 Å². The van der Waals surface area contributed by atoms with E-state index >= 15 is 0 Å². The average molecular weight is 415 g/mol. The molecule has 168 valence electrons. The predicted octanol–water partition coefficient (Wildman–Crippen LogP) is 6.08. The van der Waals surface area contributed by atoms with E-state index in [4.69, 9.17) is 0 Å². The van der Waals surface area contributed by atoms with Gasteiger partial charge in [-0.1, -0.05) is 62.0 Å². The van der Waals surface area contributed by atoms with Gasteiger partial charge in [-0.2, -0.15) is 0 Å². The number of ketones is 1. The molecule has 0 spiro atoms. The van der Waals surface area contributed by atoms with Crippen LogP contribution >= 0.6 is 0 Å². The van der Waals surface area contributed by atoms with Crippen LogP contribution in [-0.2, 0) is 4.79 Å². The summed E-state index contributed by atoms with van der Waals surface area (Å²) in [7, 11) is 0. The van der Waals surface area contributed by atoms with Gasteiger partial charge in [0.2, 0.25) is 0 Å². The summed E-state index contributed by atoms with van der Waals surface area (Å²) in [5.74, 6) is 1.51. The number of carbonyl (C=O) groups is 1. The quantitative estimate of drug-likeness (QED) is 0.267. The third-order valence-corrected chi connectivity index (χ3v) is 6.53. The van der Waals surface area contributed by atoms with Crippen molar-refractivity contribution in [3.8, 4) is 0 Å². The van der Waals surface area contributed by atoms with Crippen LogP contribution in [0.2, 0.25) is 0 Å². The third-order valence-electron chi connectivity index (χ3n) is 6.53. The Bertz CT molecular complexity index is 601. The highest BCUT2D eigenvalue weighted by Gasteiger charge is 2.32. The maximum absolute atomic E-state index is 11.7. The maximum Gasteiger partial charge on any atom is 0.132 e. The molecule has 0 amide bonds. The van der Waals surface area contributed by atoms with Crippen LogP contribution in [0, 0.1) is 17.8 Å². The highest BCUT2D eigenvalue weighted by Crippen LogP contribution is 2.36. The minimum atomic E-state index is -0.400. The van der Waals surface area contributed by atoms with Gasteiger partial charge < -0.3 is 10.2 Å². The lowest BCUT2D eigenvalue weighted by atomic mass is 9.90. The van der Waals surface area contributed by atoms with E-state index in [1.54, 1.807) is 0 Å². The maximum atomic E-state index is 11.7. The largest absolute Gasteiger partial charge is 0.393 e. The summed E-state index contributed by atoms with van der Waals surface area (Å²) >= 11 is 0. The van der Waals surface area contributed by atoms with Gasteiger partial charge in [0.1, 0.15) is 5.78 Å². The number of aliphatic hydroxyl groups is 2. The van der Waals surface area contributed by atoms with Gasteiger partial charge in [0, 0.05) is 12.8 Å². The number of hydrogen-bond acceptors (Lipinski definition) is 3. The number of allylic oxidation sites excluding steroid dienone is 7. The first-order chi connectivity index (χ1) is 14.6. The van der Waals surface area contributed by atoms with Gasteiger partial charge >= 0.3 is 0 Å². The first-order valence-electron chi connectivity index (χ1n) is 12.1. The molecule has 0 bridgehead atoms. The monoisotopic (exact) mass is 414 g/mol. The van der Waals surface area contributed by atoms with Crippen LogP contribution in [-0.4, -0.2) is 28.2 Å². The van der Waals surface area contributed by atoms with Crippen LogP contribution in [0.15, 0.2) is 48.6 Å². The van der Waals surface area contributed by atoms with E-state index in [9.17, 15) is 15.0 Å². The normalized spacial score (nSPS) is 27.4. The molecule has 0 aromatic heterocycles. The van der Waals surface area contributed by atoms with Crippen molar-refractivity contribution in [2.45, 2.75) is 96.2 Å². The van der Waals surface area contributed by atoms with E-state index in [0.717, 1.165) is 70.6 Å². The van der Waals surface area contributed by atoms with Crippen molar-refractivity contribution in [3.63, 3.8) is 0 Å². The van der Waals surface area contributed by atoms with Crippen molar-refractivity contribution in [1.29, 1.82) is 0 Å². The smallest absolute Gasteiger partial charge is 0.132 e. The van der Waals surface area contributed by atoms with Crippen molar-refractivity contribution in [2.75, 3.05) is 0 Å². The van der Waals surface area contributed by atoms with Gasteiger partial charge in [0.25, 0.3) is 0 Å². The van der Waals surface area contributed by atoms with Crippen molar-refractivity contribution in [2.24, 2.45) is 17.8 Å². The molecule has 0 aliphatic heterocycles. The van der Waals surface area contributed by atoms with Crippen molar-refractivity contribution < 1.29 is 15.0 Å². The van der Waals surface area contributed by atoms with Crippen LogP contribution in [0.4, 0.5) is 0 Å². The highest BCUT2D eigenvalue weighted by molar-refractivity contribution is 5.78. The number of carbonyl (C=O) groups excluding carboxylic acids is 1. The molecule has 2 N–H and O–H groups in total. The molecule has 30 heavy (non-hydrogen) atoms. The Morgan fingerprint density at radius 1 is 1.17 bits per heavy atom. The van der Waals surface area contributed by atoms with E-state index in [2.05, 4.69) is 49.5 Å². The summed E-state index contributed by atoms with van der Waals surface area (Å²) in [6.45, 7) is 2.11. The molecule has 1 saturated carbocycles. The second-order valence-corrected chi connectivity index (χ2v) is 9.05. The van der Waals surface area contributed by atoms with Crippen molar-refractivity contribution in [3.05, 3.63) is 48.6 Å². The Labute approximate surface area is 183 Å². The van der Waals surface area contributed by atoms with Gasteiger partial charge in [-0.05, 0) is 75.5 Å². The Balaban J connectivity index is 1.66. The molecule has 0 aromatic rings. The van der Waals surface area contributed by atoms with E-state index in [1.165, 1.54) is 0 Å². The number of unbranched alkanes of at least 4 members (excludes halogenated alkanes) is 2. The second-order valence-electron chi connectivity index (χ2n) is 9.05. The highest BCUT2D eigenvalue weighted by atomic mass is 16.3. The lowest BCUT2D eigenvalue weighted by molar-refractivity contribution is -0.119. The molecule has 0 radical (unpaired) electrons. The Morgan fingerprint density at radius 3 is 2.77 bits per heavy atom. The Hall–Kier alpha value is -1.45. The van der Waals surface area contributed by atoms with Gasteiger partial charge in [0.05, 0.1) is 12.2 Å². The van der Waals surface area contributed by atoms with Crippen molar-refractivity contribution in [1.82, 2.24) is 0 Å². The molecule has 2 aliphatic rings. The van der Waals surface area contributed by atoms with E-state index in [1.807, 2.05) is 6.08 Å². The summed E-state index contributed by atoms with van der Waals surface area (Å²) in [5, 5.41) is 20.7. The molecule has 1 unspecified atom stereocenters. The standard InChI is InChI=1S/C27H42O3/c1-2-3-13-24(28)14-9-4-5-10-15-26-23(18-21-27(26)30)17-20-25(29)19-16-22-11-7-6-8-12-22/h5-8,10-11,17,20,22-23,25-27,29-30H,2-4,9,12-16,18-19,21H2,1H3/b10-5-,20-17+/t22?,23-,25-,26+,27-/m0/s1. The van der Waals surface area contributed by atoms with E-state index in [-0.39, 0.29) is 12.0 Å². The fraction of sp³-hybridized carbons (Fsp3) is 0.667. The molecule has 1 fully saturated rings. The van der Waals surface area contributed by atoms with Gasteiger partial charge in [-0.25, -0.2) is 0 Å². The Morgan fingerprint density at radius 2 is 2.00 bits per heavy atom. The first-order valence-corrected chi connectivity index (χ1v) is 12.1. The molecule has 2 aliphatic carbocycles. The summed E-state index contributed by atoms with van der Waals surface area (Å²) in [6.07, 6.45) is 27.3. The average Bonchev–Trinajstić information content (AvgIpc) is 3.11. The number of aliphatic hydroxyl groups excluding tert-OH is 2. The SMILES string of the molecule is CCCCC(=O)CCC/C=C\C[C@H]1[C@@H](O)CC[C@@H]1/C=C/[C@@H](O)CCC1C=CC=CC1. The minimum Gasteiger partial charge on any atom is -0.393 e. The number of hydrogen-bond donors (Lipinski definition) is 2. The zero-order valence-electron chi connectivity index (χ0n) is 18.8. The zero-order valence-corrected chi connectivity index (χ0v) is 18.8. The Kier molecular flexibility index (Phi) is 12.0. The third kappa shape index (κ3) is 9.57. The van der Waals surface area contributed by atoms with Gasteiger partial charge in [-0.15, -0.1) is 0 Å². The van der Waals surface area contributed by atoms with Crippen molar-refractivity contribution >= 4 is 5.78 Å². The van der Waals surface area contributed by atoms with Crippen LogP contribution in [0.25, 0.3) is 0 Å². The topological polar surface area (TPSA) is 57.5 Å². The molecular weight excluding hydrogens is 372 g/mol. The van der Waals surface area contributed by atoms with E-state index < -0.39 is 6.10 Å². The minimum absolute atomic E-state index is 0.238. The lowest BCUT2D eigenvalue weighted by Crippen LogP contribution is -2.17. The number of rotatable bonds is 14. The van der Waals surface area contributed by atoms with Crippen LogP contribution in [0.5, 0.6) is 0 Å². The summed E-state index contributed by atoms with van der Waals surface area (Å²) in [4.78, 5) is 11.7. The van der Waals surface area contributed by atoms with Crippen LogP contribution < -0.4 is 0 Å². The summed E-state index contributed by atoms with van der Waals surface area (Å²) < 4.78 is 0. The number of Topliss-reactive ketones (excluding diaryl/α,β-unsaturated/α-hetero) is 1. The summed E-state index contributed by atoms with van der Waals surface area (Å²) in [6, 6.07) is 0. The molecule has 3 heteroatoms. The second kappa shape index (κ2) is 14.5. The molecule has 3 nitrogen and oxygen atoms in total. The fourth-order valence-corrected chi connectivity index (χ4v) is 4.53. The fourth-order valence-electron chi connectivity index (χ4n) is 4.53. The molecule has 0 aromatic carbocycles. The lowest BCUT2D eigenvalue weighted by Gasteiger charge is -2.19. The molecule has 0 heterocycles. The van der Waals surface area contributed by atoms with Crippen LogP contribution in [0.1, 0.15) is 84.0 Å².